The lowest BCUT2D eigenvalue weighted by Gasteiger charge is -2.19. The summed E-state index contributed by atoms with van der Waals surface area (Å²) in [6.07, 6.45) is 0. The standard InChI is InChI=1S/C15H19NO/c1-3-16-15(11-17-2)14-10-6-8-12-7-4-5-9-13(12)14/h4-10,15-16H,3,11H2,1-2H3. The fourth-order valence-electron chi connectivity index (χ4n) is 2.23. The molecule has 0 saturated heterocycles. The van der Waals surface area contributed by atoms with E-state index in [9.17, 15) is 0 Å². The van der Waals surface area contributed by atoms with Gasteiger partial charge >= 0.3 is 0 Å². The van der Waals surface area contributed by atoms with Gasteiger partial charge in [0.2, 0.25) is 0 Å². The van der Waals surface area contributed by atoms with Crippen LogP contribution >= 0.6 is 0 Å². The molecule has 0 amide bonds. The molecule has 1 unspecified atom stereocenters. The smallest absolute Gasteiger partial charge is 0.0657 e. The highest BCUT2D eigenvalue weighted by Crippen LogP contribution is 2.24. The van der Waals surface area contributed by atoms with E-state index in [0.717, 1.165) is 6.54 Å². The topological polar surface area (TPSA) is 21.3 Å². The number of benzene rings is 2. The van der Waals surface area contributed by atoms with Crippen LogP contribution in [0.25, 0.3) is 10.8 Å². The lowest BCUT2D eigenvalue weighted by atomic mass is 9.99. The molecule has 0 spiro atoms. The van der Waals surface area contributed by atoms with Crippen molar-refractivity contribution in [1.29, 1.82) is 0 Å². The Labute approximate surface area is 103 Å². The Morgan fingerprint density at radius 1 is 1.12 bits per heavy atom. The molecule has 2 heteroatoms. The highest BCUT2D eigenvalue weighted by atomic mass is 16.5. The Morgan fingerprint density at radius 3 is 2.65 bits per heavy atom. The van der Waals surface area contributed by atoms with Gasteiger partial charge in [-0.3, -0.25) is 0 Å². The van der Waals surface area contributed by atoms with Crippen LogP contribution in [0.15, 0.2) is 42.5 Å². The summed E-state index contributed by atoms with van der Waals surface area (Å²) in [7, 11) is 1.75. The van der Waals surface area contributed by atoms with Gasteiger partial charge < -0.3 is 10.1 Å². The molecule has 17 heavy (non-hydrogen) atoms. The zero-order valence-corrected chi connectivity index (χ0v) is 10.4. The maximum atomic E-state index is 5.30. The van der Waals surface area contributed by atoms with Crippen molar-refractivity contribution in [2.45, 2.75) is 13.0 Å². The number of hydrogen-bond acceptors (Lipinski definition) is 2. The number of hydrogen-bond donors (Lipinski definition) is 1. The monoisotopic (exact) mass is 229 g/mol. The first kappa shape index (κ1) is 12.1. The van der Waals surface area contributed by atoms with Crippen LogP contribution < -0.4 is 5.32 Å². The third-order valence-electron chi connectivity index (χ3n) is 2.98. The fraction of sp³-hybridized carbons (Fsp3) is 0.333. The summed E-state index contributed by atoms with van der Waals surface area (Å²) in [6.45, 7) is 3.76. The Balaban J connectivity index is 2.44. The molecule has 2 aromatic carbocycles. The average molecular weight is 229 g/mol. The first-order chi connectivity index (χ1) is 8.36. The fourth-order valence-corrected chi connectivity index (χ4v) is 2.23. The molecule has 0 aromatic heterocycles. The van der Waals surface area contributed by atoms with Crippen molar-refractivity contribution in [2.24, 2.45) is 0 Å². The Bertz CT molecular complexity index is 470. The summed E-state index contributed by atoms with van der Waals surface area (Å²) in [5.74, 6) is 0. The number of fused-ring (bicyclic) bond motifs is 1. The van der Waals surface area contributed by atoms with Crippen LogP contribution in [0.3, 0.4) is 0 Å². The van der Waals surface area contributed by atoms with Crippen LogP contribution in [0.2, 0.25) is 0 Å². The van der Waals surface area contributed by atoms with Gasteiger partial charge in [-0.1, -0.05) is 49.4 Å². The molecular formula is C15H19NO. The van der Waals surface area contributed by atoms with Crippen molar-refractivity contribution in [1.82, 2.24) is 5.32 Å². The van der Waals surface area contributed by atoms with Gasteiger partial charge in [-0.15, -0.1) is 0 Å². The molecule has 2 aromatic rings. The second kappa shape index (κ2) is 5.80. The van der Waals surface area contributed by atoms with E-state index in [2.05, 4.69) is 54.7 Å². The Kier molecular flexibility index (Phi) is 4.13. The molecule has 2 rings (SSSR count). The van der Waals surface area contributed by atoms with Gasteiger partial charge in [-0.2, -0.15) is 0 Å². The van der Waals surface area contributed by atoms with Crippen LogP contribution in [0, 0.1) is 0 Å². The number of likely N-dealkylation sites (N-methyl/N-ethyl adjacent to an activating group) is 1. The molecular weight excluding hydrogens is 210 g/mol. The summed E-state index contributed by atoms with van der Waals surface area (Å²) >= 11 is 0. The van der Waals surface area contributed by atoms with E-state index >= 15 is 0 Å². The minimum absolute atomic E-state index is 0.260. The summed E-state index contributed by atoms with van der Waals surface area (Å²) in [6, 6.07) is 15.2. The van der Waals surface area contributed by atoms with Crippen molar-refractivity contribution in [2.75, 3.05) is 20.3 Å². The molecule has 2 nitrogen and oxygen atoms in total. The third kappa shape index (κ3) is 2.65. The van der Waals surface area contributed by atoms with Gasteiger partial charge in [0, 0.05) is 7.11 Å². The van der Waals surface area contributed by atoms with Crippen LogP contribution in [-0.4, -0.2) is 20.3 Å². The average Bonchev–Trinajstić information content (AvgIpc) is 2.38. The molecule has 90 valence electrons. The summed E-state index contributed by atoms with van der Waals surface area (Å²) in [5, 5.41) is 6.05. The van der Waals surface area contributed by atoms with Gasteiger partial charge in [0.15, 0.2) is 0 Å². The number of ether oxygens (including phenoxy) is 1. The van der Waals surface area contributed by atoms with Gasteiger partial charge in [-0.25, -0.2) is 0 Å². The van der Waals surface area contributed by atoms with Crippen molar-refractivity contribution < 1.29 is 4.74 Å². The van der Waals surface area contributed by atoms with Crippen LogP contribution in [0.4, 0.5) is 0 Å². The maximum Gasteiger partial charge on any atom is 0.0657 e. The van der Waals surface area contributed by atoms with Gasteiger partial charge in [-0.05, 0) is 22.9 Å². The normalized spacial score (nSPS) is 12.8. The second-order valence-electron chi connectivity index (χ2n) is 4.13. The molecule has 0 fully saturated rings. The molecule has 0 aliphatic rings. The van der Waals surface area contributed by atoms with Crippen molar-refractivity contribution >= 4 is 10.8 Å². The minimum Gasteiger partial charge on any atom is -0.383 e. The molecule has 0 radical (unpaired) electrons. The van der Waals surface area contributed by atoms with E-state index in [1.165, 1.54) is 16.3 Å². The summed E-state index contributed by atoms with van der Waals surface area (Å²) in [5.41, 5.74) is 1.31. The predicted molar refractivity (Wildman–Crippen MR) is 72.2 cm³/mol. The SMILES string of the molecule is CCNC(COC)c1cccc2ccccc12. The highest BCUT2D eigenvalue weighted by molar-refractivity contribution is 5.86. The predicted octanol–water partition coefficient (Wildman–Crippen LogP) is 3.14. The van der Waals surface area contributed by atoms with Gasteiger partial charge in [0.1, 0.15) is 0 Å². The molecule has 0 aliphatic carbocycles. The number of methoxy groups -OCH3 is 1. The lowest BCUT2D eigenvalue weighted by molar-refractivity contribution is 0.168. The van der Waals surface area contributed by atoms with E-state index < -0.39 is 0 Å². The van der Waals surface area contributed by atoms with Crippen molar-refractivity contribution in [3.05, 3.63) is 48.0 Å². The molecule has 0 saturated carbocycles. The Morgan fingerprint density at radius 2 is 1.88 bits per heavy atom. The van der Waals surface area contributed by atoms with E-state index in [4.69, 9.17) is 4.74 Å². The molecule has 1 N–H and O–H groups in total. The number of rotatable bonds is 5. The zero-order chi connectivity index (χ0) is 12.1. The van der Waals surface area contributed by atoms with Gasteiger partial charge in [0.25, 0.3) is 0 Å². The molecule has 1 atom stereocenters. The van der Waals surface area contributed by atoms with Crippen LogP contribution in [0.1, 0.15) is 18.5 Å². The van der Waals surface area contributed by atoms with Crippen LogP contribution in [-0.2, 0) is 4.74 Å². The highest BCUT2D eigenvalue weighted by Gasteiger charge is 2.12. The quantitative estimate of drug-likeness (QED) is 0.850. The minimum atomic E-state index is 0.260. The van der Waals surface area contributed by atoms with Crippen molar-refractivity contribution in [3.8, 4) is 0 Å². The maximum absolute atomic E-state index is 5.30. The molecule has 0 heterocycles. The first-order valence-corrected chi connectivity index (χ1v) is 6.06. The van der Waals surface area contributed by atoms with Gasteiger partial charge in [0.05, 0.1) is 12.6 Å². The summed E-state index contributed by atoms with van der Waals surface area (Å²) in [4.78, 5) is 0. The largest absolute Gasteiger partial charge is 0.383 e. The zero-order valence-electron chi connectivity index (χ0n) is 10.4. The molecule has 0 bridgehead atoms. The van der Waals surface area contributed by atoms with Crippen molar-refractivity contribution in [3.63, 3.8) is 0 Å². The summed E-state index contributed by atoms with van der Waals surface area (Å²) < 4.78 is 5.30. The van der Waals surface area contributed by atoms with E-state index in [1.807, 2.05) is 0 Å². The second-order valence-corrected chi connectivity index (χ2v) is 4.13. The number of nitrogens with one attached hydrogen (secondary N) is 1. The third-order valence-corrected chi connectivity index (χ3v) is 2.98. The Hall–Kier alpha value is -1.38. The van der Waals surface area contributed by atoms with E-state index in [1.54, 1.807) is 7.11 Å². The first-order valence-electron chi connectivity index (χ1n) is 6.06. The van der Waals surface area contributed by atoms with Crippen LogP contribution in [0.5, 0.6) is 0 Å². The van der Waals surface area contributed by atoms with E-state index in [0.29, 0.717) is 6.61 Å². The van der Waals surface area contributed by atoms with E-state index in [-0.39, 0.29) is 6.04 Å². The molecule has 0 aliphatic heterocycles. The lowest BCUT2D eigenvalue weighted by Crippen LogP contribution is -2.25.